The van der Waals surface area contributed by atoms with E-state index in [4.69, 9.17) is 0 Å². The molecule has 18 heavy (non-hydrogen) atoms. The number of likely N-dealkylation sites (tertiary alicyclic amines) is 1. The zero-order chi connectivity index (χ0) is 13.1. The lowest BCUT2D eigenvalue weighted by atomic mass is 9.91. The van der Waals surface area contributed by atoms with E-state index >= 15 is 0 Å². The number of hydrogen-bond donors (Lipinski definition) is 1. The van der Waals surface area contributed by atoms with E-state index < -0.39 is 0 Å². The Morgan fingerprint density at radius 3 is 2.56 bits per heavy atom. The second kappa shape index (κ2) is 6.05. The maximum absolute atomic E-state index is 11.8. The highest BCUT2D eigenvalue weighted by Crippen LogP contribution is 2.31. The van der Waals surface area contributed by atoms with Crippen LogP contribution in [0.1, 0.15) is 46.5 Å². The summed E-state index contributed by atoms with van der Waals surface area (Å²) in [6, 6.07) is 0.373. The van der Waals surface area contributed by atoms with Gasteiger partial charge in [-0.05, 0) is 31.1 Å². The van der Waals surface area contributed by atoms with Crippen LogP contribution in [0.5, 0.6) is 0 Å². The molecule has 0 spiro atoms. The van der Waals surface area contributed by atoms with E-state index in [2.05, 4.69) is 17.1 Å². The van der Waals surface area contributed by atoms with Crippen LogP contribution in [0.25, 0.3) is 0 Å². The van der Waals surface area contributed by atoms with E-state index in [9.17, 15) is 4.79 Å². The Kier molecular flexibility index (Phi) is 4.66. The van der Waals surface area contributed by atoms with Gasteiger partial charge in [0.05, 0.1) is 0 Å². The van der Waals surface area contributed by atoms with Crippen molar-refractivity contribution >= 4 is 5.91 Å². The van der Waals surface area contributed by atoms with Gasteiger partial charge < -0.3 is 10.2 Å². The molecule has 1 amide bonds. The number of nitrogens with one attached hydrogen (secondary N) is 1. The molecule has 2 atom stereocenters. The van der Waals surface area contributed by atoms with Gasteiger partial charge in [-0.2, -0.15) is 0 Å². The van der Waals surface area contributed by atoms with Gasteiger partial charge in [-0.1, -0.05) is 27.2 Å². The second-order valence-corrected chi connectivity index (χ2v) is 6.53. The van der Waals surface area contributed by atoms with Crippen molar-refractivity contribution in [1.82, 2.24) is 10.2 Å². The Bertz CT molecular complexity index is 286. The monoisotopic (exact) mass is 252 g/mol. The number of rotatable bonds is 5. The first kappa shape index (κ1) is 13.9. The molecule has 2 unspecified atom stereocenters. The van der Waals surface area contributed by atoms with Crippen LogP contribution < -0.4 is 5.32 Å². The minimum absolute atomic E-state index is 0.101. The lowest BCUT2D eigenvalue weighted by Crippen LogP contribution is -2.51. The molecule has 0 bridgehead atoms. The topological polar surface area (TPSA) is 32.3 Å². The fourth-order valence-electron chi connectivity index (χ4n) is 2.89. The molecule has 0 radical (unpaired) electrons. The Labute approximate surface area is 111 Å². The van der Waals surface area contributed by atoms with Gasteiger partial charge in [0.1, 0.15) is 0 Å². The van der Waals surface area contributed by atoms with E-state index in [0.29, 0.717) is 6.04 Å². The van der Waals surface area contributed by atoms with Crippen LogP contribution in [0.4, 0.5) is 0 Å². The molecule has 1 saturated carbocycles. The van der Waals surface area contributed by atoms with Crippen LogP contribution in [-0.2, 0) is 4.79 Å². The lowest BCUT2D eigenvalue weighted by molar-refractivity contribution is -0.125. The quantitative estimate of drug-likeness (QED) is 0.814. The molecular formula is C15H28N2O. The van der Waals surface area contributed by atoms with Gasteiger partial charge in [0.15, 0.2) is 0 Å². The third kappa shape index (κ3) is 3.98. The van der Waals surface area contributed by atoms with Crippen LogP contribution in [0.15, 0.2) is 0 Å². The molecule has 0 aromatic carbocycles. The van der Waals surface area contributed by atoms with E-state index in [1.54, 1.807) is 0 Å². The molecule has 1 aliphatic heterocycles. The Morgan fingerprint density at radius 2 is 2.00 bits per heavy atom. The van der Waals surface area contributed by atoms with Crippen LogP contribution >= 0.6 is 0 Å². The Hall–Kier alpha value is -0.570. The molecule has 2 aliphatic rings. The first-order chi connectivity index (χ1) is 8.58. The molecule has 1 saturated heterocycles. The van der Waals surface area contributed by atoms with Crippen molar-refractivity contribution in [3.05, 3.63) is 0 Å². The molecule has 1 N–H and O–H groups in total. The third-order valence-electron chi connectivity index (χ3n) is 4.27. The maximum Gasteiger partial charge on any atom is 0.222 e. The van der Waals surface area contributed by atoms with Crippen LogP contribution in [0.3, 0.4) is 0 Å². The fourth-order valence-corrected chi connectivity index (χ4v) is 2.89. The van der Waals surface area contributed by atoms with E-state index in [1.165, 1.54) is 32.4 Å². The van der Waals surface area contributed by atoms with Gasteiger partial charge in [-0.25, -0.2) is 0 Å². The van der Waals surface area contributed by atoms with Crippen LogP contribution in [0, 0.1) is 17.8 Å². The van der Waals surface area contributed by atoms with Gasteiger partial charge in [0.2, 0.25) is 5.91 Å². The van der Waals surface area contributed by atoms with E-state index in [-0.39, 0.29) is 11.8 Å². The highest BCUT2D eigenvalue weighted by molar-refractivity contribution is 5.78. The van der Waals surface area contributed by atoms with Crippen molar-refractivity contribution in [1.29, 1.82) is 0 Å². The molecular weight excluding hydrogens is 224 g/mol. The van der Waals surface area contributed by atoms with Crippen molar-refractivity contribution < 1.29 is 4.79 Å². The zero-order valence-corrected chi connectivity index (χ0v) is 12.1. The largest absolute Gasteiger partial charge is 0.352 e. The van der Waals surface area contributed by atoms with Gasteiger partial charge in [0, 0.05) is 31.6 Å². The average molecular weight is 252 g/mol. The standard InChI is InChI=1S/C15H28N2O/c1-4-12-7-14(16-15(18)11(2)3)10-17(8-12)9-13-5-6-13/h11-14H,4-10H2,1-3H3,(H,16,18). The summed E-state index contributed by atoms with van der Waals surface area (Å²) in [4.78, 5) is 14.4. The number of amides is 1. The first-order valence-corrected chi connectivity index (χ1v) is 7.61. The SMILES string of the molecule is CCC1CC(NC(=O)C(C)C)CN(CC2CC2)C1. The highest BCUT2D eigenvalue weighted by Gasteiger charge is 2.31. The summed E-state index contributed by atoms with van der Waals surface area (Å²) in [5, 5.41) is 3.23. The first-order valence-electron chi connectivity index (χ1n) is 7.61. The van der Waals surface area contributed by atoms with Gasteiger partial charge in [-0.15, -0.1) is 0 Å². The molecule has 0 aromatic rings. The molecule has 3 nitrogen and oxygen atoms in total. The molecule has 3 heteroatoms. The number of carbonyl (C=O) groups is 1. The van der Waals surface area contributed by atoms with Crippen molar-refractivity contribution in [3.63, 3.8) is 0 Å². The number of piperidine rings is 1. The summed E-state index contributed by atoms with van der Waals surface area (Å²) in [5.41, 5.74) is 0. The molecule has 104 valence electrons. The van der Waals surface area contributed by atoms with Crippen molar-refractivity contribution in [2.45, 2.75) is 52.5 Å². The Morgan fingerprint density at radius 1 is 1.28 bits per heavy atom. The smallest absolute Gasteiger partial charge is 0.222 e. The number of hydrogen-bond acceptors (Lipinski definition) is 2. The highest BCUT2D eigenvalue weighted by atomic mass is 16.1. The van der Waals surface area contributed by atoms with Gasteiger partial charge in [-0.3, -0.25) is 4.79 Å². The second-order valence-electron chi connectivity index (χ2n) is 6.53. The maximum atomic E-state index is 11.8. The van der Waals surface area contributed by atoms with Crippen LogP contribution in [0.2, 0.25) is 0 Å². The summed E-state index contributed by atoms with van der Waals surface area (Å²) in [7, 11) is 0. The molecule has 0 aromatic heterocycles. The van der Waals surface area contributed by atoms with Gasteiger partial charge in [0.25, 0.3) is 0 Å². The van der Waals surface area contributed by atoms with Crippen molar-refractivity contribution in [2.24, 2.45) is 17.8 Å². The van der Waals surface area contributed by atoms with Crippen LogP contribution in [-0.4, -0.2) is 36.5 Å². The van der Waals surface area contributed by atoms with Crippen molar-refractivity contribution in [3.8, 4) is 0 Å². The van der Waals surface area contributed by atoms with Gasteiger partial charge >= 0.3 is 0 Å². The predicted molar refractivity (Wildman–Crippen MR) is 74.3 cm³/mol. The predicted octanol–water partition coefficient (Wildman–Crippen LogP) is 2.27. The summed E-state index contributed by atoms with van der Waals surface area (Å²) in [6.07, 6.45) is 5.22. The van der Waals surface area contributed by atoms with E-state index in [0.717, 1.165) is 24.8 Å². The summed E-state index contributed by atoms with van der Waals surface area (Å²) in [5.74, 6) is 2.02. The third-order valence-corrected chi connectivity index (χ3v) is 4.27. The minimum atomic E-state index is 0.101. The summed E-state index contributed by atoms with van der Waals surface area (Å²) in [6.45, 7) is 9.76. The fraction of sp³-hybridized carbons (Fsp3) is 0.933. The number of nitrogens with zero attached hydrogens (tertiary/aromatic N) is 1. The summed E-state index contributed by atoms with van der Waals surface area (Å²) >= 11 is 0. The normalized spacial score (nSPS) is 29.6. The Balaban J connectivity index is 1.85. The molecule has 2 rings (SSSR count). The summed E-state index contributed by atoms with van der Waals surface area (Å²) < 4.78 is 0. The number of carbonyl (C=O) groups excluding carboxylic acids is 1. The molecule has 2 fully saturated rings. The molecule has 1 heterocycles. The average Bonchev–Trinajstić information content (AvgIpc) is 3.12. The molecule has 1 aliphatic carbocycles. The minimum Gasteiger partial charge on any atom is -0.352 e. The lowest BCUT2D eigenvalue weighted by Gasteiger charge is -2.38. The van der Waals surface area contributed by atoms with E-state index in [1.807, 2.05) is 13.8 Å². The van der Waals surface area contributed by atoms with Crippen molar-refractivity contribution in [2.75, 3.05) is 19.6 Å². The zero-order valence-electron chi connectivity index (χ0n) is 12.1.